The number of hydrogen-bond donors (Lipinski definition) is 3. The van der Waals surface area contributed by atoms with Gasteiger partial charge in [-0.2, -0.15) is 0 Å². The zero-order chi connectivity index (χ0) is 49.0. The number of unbranched alkanes of at least 4 members (excludes halogenated alkanes) is 28. The van der Waals surface area contributed by atoms with E-state index in [-0.39, 0.29) is 25.9 Å². The summed E-state index contributed by atoms with van der Waals surface area (Å²) in [5, 5.41) is 31.2. The molecule has 1 rings (SSSR count). The topological polar surface area (TPSA) is 175 Å². The minimum Gasteiger partial charge on any atom is -0.479 e. The molecule has 1 fully saturated rings. The summed E-state index contributed by atoms with van der Waals surface area (Å²) in [5.41, 5.74) is 0. The number of rotatable bonds is 46. The monoisotopic (exact) mass is 951 g/mol. The van der Waals surface area contributed by atoms with Gasteiger partial charge in [-0.3, -0.25) is 14.4 Å². The third-order valence-corrected chi connectivity index (χ3v) is 12.5. The summed E-state index contributed by atoms with van der Waals surface area (Å²) >= 11 is 0. The van der Waals surface area contributed by atoms with E-state index in [1.54, 1.807) is 0 Å². The normalized spacial score (nSPS) is 19.0. The van der Waals surface area contributed by atoms with Gasteiger partial charge in [0.25, 0.3) is 0 Å². The molecule has 0 amide bonds. The summed E-state index contributed by atoms with van der Waals surface area (Å²) < 4.78 is 28.2. The van der Waals surface area contributed by atoms with Gasteiger partial charge in [-0.05, 0) is 51.4 Å². The van der Waals surface area contributed by atoms with Crippen LogP contribution in [-0.2, 0) is 42.9 Å². The van der Waals surface area contributed by atoms with Crippen molar-refractivity contribution in [3.8, 4) is 0 Å². The molecule has 0 spiro atoms. The number of aliphatic carboxylic acids is 1. The van der Waals surface area contributed by atoms with Crippen LogP contribution in [0, 0.1) is 0 Å². The number of aliphatic hydroxyl groups excluding tert-OH is 2. The number of carboxylic acids is 1. The maximum atomic E-state index is 13.0. The Morgan fingerprint density at radius 1 is 0.493 bits per heavy atom. The number of aliphatic hydroxyl groups is 2. The van der Waals surface area contributed by atoms with Crippen molar-refractivity contribution >= 4 is 23.9 Å². The average Bonchev–Trinajstić information content (AvgIpc) is 3.31. The third-order valence-electron chi connectivity index (χ3n) is 12.5. The van der Waals surface area contributed by atoms with Crippen LogP contribution in [0.15, 0.2) is 24.3 Å². The predicted molar refractivity (Wildman–Crippen MR) is 266 cm³/mol. The highest BCUT2D eigenvalue weighted by atomic mass is 16.7. The molecule has 0 aromatic carbocycles. The van der Waals surface area contributed by atoms with Gasteiger partial charge in [-0.1, -0.05) is 206 Å². The first-order valence-corrected chi connectivity index (χ1v) is 27.3. The molecule has 0 radical (unpaired) electrons. The first kappa shape index (κ1) is 62.2. The van der Waals surface area contributed by atoms with E-state index >= 15 is 0 Å². The number of esters is 3. The largest absolute Gasteiger partial charge is 0.479 e. The Morgan fingerprint density at radius 2 is 0.896 bits per heavy atom. The van der Waals surface area contributed by atoms with Gasteiger partial charge in [0.2, 0.25) is 0 Å². The van der Waals surface area contributed by atoms with Crippen LogP contribution in [0.1, 0.15) is 252 Å². The third kappa shape index (κ3) is 35.0. The van der Waals surface area contributed by atoms with Crippen molar-refractivity contribution in [1.29, 1.82) is 0 Å². The number of hydrogen-bond acceptors (Lipinski definition) is 11. The van der Waals surface area contributed by atoms with Crippen molar-refractivity contribution < 1.29 is 58.2 Å². The van der Waals surface area contributed by atoms with Gasteiger partial charge in [0, 0.05) is 19.3 Å². The summed E-state index contributed by atoms with van der Waals surface area (Å²) in [4.78, 5) is 50.7. The molecule has 1 aliphatic rings. The van der Waals surface area contributed by atoms with Crippen molar-refractivity contribution in [2.45, 2.75) is 289 Å². The van der Waals surface area contributed by atoms with Crippen LogP contribution in [0.5, 0.6) is 0 Å². The molecule has 0 aliphatic carbocycles. The standard InChI is InChI=1S/C55H98O12/c1-4-7-10-13-16-19-20-21-22-23-24-25-26-27-28-31-32-35-38-41-47(56)63-44-46(65-48(57)42-39-36-33-29-17-14-11-8-5-2)45-64-55-53(51(60)50(59)52(67-55)54(61)62)66-49(58)43-40-37-34-30-18-15-12-9-6-3/h16,19,21-22,46,50-53,55,59-60H,4-15,17-18,20,23-45H2,1-3H3,(H,61,62)/b19-16-,22-21-. The highest BCUT2D eigenvalue weighted by molar-refractivity contribution is 5.74. The summed E-state index contributed by atoms with van der Waals surface area (Å²) in [5.74, 6) is -3.11. The molecule has 1 saturated heterocycles. The fourth-order valence-electron chi connectivity index (χ4n) is 8.28. The molecule has 6 atom stereocenters. The first-order chi connectivity index (χ1) is 32.6. The fourth-order valence-corrected chi connectivity index (χ4v) is 8.28. The number of carboxylic acid groups (broad SMARTS) is 1. The van der Waals surface area contributed by atoms with Crippen LogP contribution in [0.4, 0.5) is 0 Å². The molecule has 0 bridgehead atoms. The van der Waals surface area contributed by atoms with E-state index in [1.807, 2.05) is 0 Å². The van der Waals surface area contributed by atoms with Gasteiger partial charge in [0.05, 0.1) is 6.61 Å². The molecule has 1 heterocycles. The fraction of sp³-hybridized carbons (Fsp3) is 0.855. The predicted octanol–water partition coefficient (Wildman–Crippen LogP) is 13.1. The van der Waals surface area contributed by atoms with Crippen LogP contribution in [0.3, 0.4) is 0 Å². The molecule has 67 heavy (non-hydrogen) atoms. The lowest BCUT2D eigenvalue weighted by Gasteiger charge is -2.40. The van der Waals surface area contributed by atoms with Crippen LogP contribution < -0.4 is 0 Å². The van der Waals surface area contributed by atoms with Crippen molar-refractivity contribution in [3.05, 3.63) is 24.3 Å². The highest BCUT2D eigenvalue weighted by Gasteiger charge is 2.50. The molecule has 390 valence electrons. The van der Waals surface area contributed by atoms with E-state index in [4.69, 9.17) is 23.7 Å². The summed E-state index contributed by atoms with van der Waals surface area (Å²) in [6, 6.07) is 0. The molecule has 0 aromatic rings. The van der Waals surface area contributed by atoms with Crippen LogP contribution >= 0.6 is 0 Å². The molecular weight excluding hydrogens is 853 g/mol. The quantitative estimate of drug-likeness (QED) is 0.0228. The highest BCUT2D eigenvalue weighted by Crippen LogP contribution is 2.26. The molecule has 0 saturated carbocycles. The molecule has 12 heteroatoms. The van der Waals surface area contributed by atoms with Crippen molar-refractivity contribution in [3.63, 3.8) is 0 Å². The number of allylic oxidation sites excluding steroid dienone is 4. The van der Waals surface area contributed by atoms with E-state index in [9.17, 15) is 34.5 Å². The second kappa shape index (κ2) is 44.4. The van der Waals surface area contributed by atoms with E-state index < -0.39 is 67.3 Å². The van der Waals surface area contributed by atoms with Gasteiger partial charge < -0.3 is 39.0 Å². The van der Waals surface area contributed by atoms with Gasteiger partial charge in [0.15, 0.2) is 24.6 Å². The summed E-state index contributed by atoms with van der Waals surface area (Å²) in [6.45, 7) is 5.90. The second-order valence-electron chi connectivity index (χ2n) is 18.9. The Hall–Kier alpha value is -2.80. The minimum atomic E-state index is -1.89. The van der Waals surface area contributed by atoms with Crippen molar-refractivity contribution in [1.82, 2.24) is 0 Å². The second-order valence-corrected chi connectivity index (χ2v) is 18.9. The smallest absolute Gasteiger partial charge is 0.335 e. The Morgan fingerprint density at radius 3 is 1.37 bits per heavy atom. The Bertz CT molecular complexity index is 1270. The zero-order valence-electron chi connectivity index (χ0n) is 42.7. The molecule has 6 unspecified atom stereocenters. The summed E-state index contributed by atoms with van der Waals surface area (Å²) in [6.07, 6.45) is 36.2. The van der Waals surface area contributed by atoms with E-state index in [1.165, 1.54) is 116 Å². The number of carbonyl (C=O) groups excluding carboxylic acids is 3. The van der Waals surface area contributed by atoms with Gasteiger partial charge in [-0.25, -0.2) is 4.79 Å². The van der Waals surface area contributed by atoms with Crippen LogP contribution in [-0.4, -0.2) is 89.2 Å². The Labute approximate surface area is 407 Å². The maximum Gasteiger partial charge on any atom is 0.335 e. The molecule has 3 N–H and O–H groups in total. The van der Waals surface area contributed by atoms with Crippen molar-refractivity contribution in [2.24, 2.45) is 0 Å². The maximum absolute atomic E-state index is 13.0. The van der Waals surface area contributed by atoms with Gasteiger partial charge in [0.1, 0.15) is 18.8 Å². The number of carbonyl (C=O) groups is 4. The molecule has 1 aliphatic heterocycles. The molecule has 12 nitrogen and oxygen atoms in total. The van der Waals surface area contributed by atoms with Crippen molar-refractivity contribution in [2.75, 3.05) is 13.2 Å². The lowest BCUT2D eigenvalue weighted by molar-refractivity contribution is -0.301. The molecular formula is C55H98O12. The van der Waals surface area contributed by atoms with Gasteiger partial charge >= 0.3 is 23.9 Å². The van der Waals surface area contributed by atoms with E-state index in [0.717, 1.165) is 77.0 Å². The zero-order valence-corrected chi connectivity index (χ0v) is 42.7. The van der Waals surface area contributed by atoms with E-state index in [0.29, 0.717) is 19.3 Å². The van der Waals surface area contributed by atoms with Crippen LogP contribution in [0.25, 0.3) is 0 Å². The number of ether oxygens (including phenoxy) is 5. The van der Waals surface area contributed by atoms with Crippen LogP contribution in [0.2, 0.25) is 0 Å². The van der Waals surface area contributed by atoms with Gasteiger partial charge in [-0.15, -0.1) is 0 Å². The SMILES string of the molecule is CCCCC/C=C\C/C=C\CCCCCCCCCCCC(=O)OCC(COC1OC(C(=O)O)C(O)C(O)C1OC(=O)CCCCCCCCCCC)OC(=O)CCCCCCCCCCC. The van der Waals surface area contributed by atoms with E-state index in [2.05, 4.69) is 45.1 Å². The molecule has 0 aromatic heterocycles. The first-order valence-electron chi connectivity index (χ1n) is 27.3. The lowest BCUT2D eigenvalue weighted by atomic mass is 9.98. The Kier molecular flexibility index (Phi) is 41.2. The lowest BCUT2D eigenvalue weighted by Crippen LogP contribution is -2.61. The minimum absolute atomic E-state index is 0.0650. The summed E-state index contributed by atoms with van der Waals surface area (Å²) in [7, 11) is 0. The average molecular weight is 951 g/mol. The Balaban J connectivity index is 2.63.